The fourth-order valence-corrected chi connectivity index (χ4v) is 2.15. The molecule has 0 aliphatic heterocycles. The summed E-state index contributed by atoms with van der Waals surface area (Å²) in [7, 11) is 0. The van der Waals surface area contributed by atoms with Crippen LogP contribution in [0.25, 0.3) is 0 Å². The predicted molar refractivity (Wildman–Crippen MR) is 68.9 cm³/mol. The maximum absolute atomic E-state index is 10.8. The third kappa shape index (κ3) is 2.72. The summed E-state index contributed by atoms with van der Waals surface area (Å²) >= 11 is 6.04. The number of rotatable bonds is 5. The number of benzene rings is 1. The van der Waals surface area contributed by atoms with Gasteiger partial charge in [0.1, 0.15) is 0 Å². The lowest BCUT2D eigenvalue weighted by molar-refractivity contribution is 0.0697. The minimum atomic E-state index is -0.953. The van der Waals surface area contributed by atoms with E-state index in [-0.39, 0.29) is 5.56 Å². The molecule has 1 aliphatic carbocycles. The summed E-state index contributed by atoms with van der Waals surface area (Å²) in [6.07, 6.45) is 3.70. The lowest BCUT2D eigenvalue weighted by Crippen LogP contribution is -2.14. The number of halogens is 1. The molecule has 0 unspecified atom stereocenters. The van der Waals surface area contributed by atoms with E-state index in [0.717, 1.165) is 12.2 Å². The van der Waals surface area contributed by atoms with Crippen LogP contribution in [0.4, 0.5) is 5.69 Å². The molecule has 0 atom stereocenters. The first-order chi connectivity index (χ1) is 8.06. The minimum absolute atomic E-state index is 0.220. The highest BCUT2D eigenvalue weighted by Gasteiger charge is 2.40. The van der Waals surface area contributed by atoms with Gasteiger partial charge in [0.2, 0.25) is 0 Å². The molecular weight excluding hydrogens is 238 g/mol. The van der Waals surface area contributed by atoms with Crippen molar-refractivity contribution in [2.24, 2.45) is 5.41 Å². The van der Waals surface area contributed by atoms with Crippen molar-refractivity contribution in [1.29, 1.82) is 0 Å². The van der Waals surface area contributed by atoms with Crippen LogP contribution in [0.2, 0.25) is 5.02 Å². The Morgan fingerprint density at radius 3 is 2.71 bits per heavy atom. The number of anilines is 1. The van der Waals surface area contributed by atoms with Crippen LogP contribution < -0.4 is 5.32 Å². The molecule has 3 nitrogen and oxygen atoms in total. The summed E-state index contributed by atoms with van der Waals surface area (Å²) in [6.45, 7) is 3.11. The quantitative estimate of drug-likeness (QED) is 0.842. The van der Waals surface area contributed by atoms with Crippen LogP contribution in [-0.4, -0.2) is 17.6 Å². The van der Waals surface area contributed by atoms with E-state index >= 15 is 0 Å². The highest BCUT2D eigenvalue weighted by Crippen LogP contribution is 2.48. The molecule has 17 heavy (non-hydrogen) atoms. The fourth-order valence-electron chi connectivity index (χ4n) is 1.91. The van der Waals surface area contributed by atoms with E-state index < -0.39 is 5.97 Å². The topological polar surface area (TPSA) is 49.3 Å². The second-order valence-electron chi connectivity index (χ2n) is 4.71. The first kappa shape index (κ1) is 12.2. The highest BCUT2D eigenvalue weighted by atomic mass is 35.5. The van der Waals surface area contributed by atoms with E-state index in [1.165, 1.54) is 25.3 Å². The van der Waals surface area contributed by atoms with Crippen molar-refractivity contribution < 1.29 is 9.90 Å². The number of carbonyl (C=O) groups is 1. The summed E-state index contributed by atoms with van der Waals surface area (Å²) in [4.78, 5) is 10.8. The molecule has 92 valence electrons. The van der Waals surface area contributed by atoms with Crippen LogP contribution in [-0.2, 0) is 0 Å². The van der Waals surface area contributed by atoms with E-state index in [1.807, 2.05) is 0 Å². The van der Waals surface area contributed by atoms with Gasteiger partial charge in [-0.05, 0) is 42.9 Å². The van der Waals surface area contributed by atoms with Crippen molar-refractivity contribution in [3.63, 3.8) is 0 Å². The van der Waals surface area contributed by atoms with Crippen LogP contribution in [0.5, 0.6) is 0 Å². The average Bonchev–Trinajstić information content (AvgIpc) is 3.08. The van der Waals surface area contributed by atoms with Gasteiger partial charge >= 0.3 is 5.97 Å². The van der Waals surface area contributed by atoms with Gasteiger partial charge < -0.3 is 10.4 Å². The fraction of sp³-hybridized carbons (Fsp3) is 0.462. The van der Waals surface area contributed by atoms with Gasteiger partial charge in [-0.2, -0.15) is 0 Å². The monoisotopic (exact) mass is 253 g/mol. The van der Waals surface area contributed by atoms with Crippen molar-refractivity contribution in [1.82, 2.24) is 0 Å². The maximum atomic E-state index is 10.8. The zero-order valence-corrected chi connectivity index (χ0v) is 10.5. The molecule has 0 saturated heterocycles. The van der Waals surface area contributed by atoms with E-state index in [0.29, 0.717) is 10.4 Å². The van der Waals surface area contributed by atoms with E-state index in [4.69, 9.17) is 16.7 Å². The number of carboxylic acid groups (broad SMARTS) is 1. The summed E-state index contributed by atoms with van der Waals surface area (Å²) in [6, 6.07) is 4.79. The molecule has 2 N–H and O–H groups in total. The molecule has 0 aromatic heterocycles. The number of nitrogens with one attached hydrogen (secondary N) is 1. The van der Waals surface area contributed by atoms with Gasteiger partial charge in [0.05, 0.1) is 16.3 Å². The summed E-state index contributed by atoms with van der Waals surface area (Å²) in [5.41, 5.74) is 1.47. The highest BCUT2D eigenvalue weighted by molar-refractivity contribution is 6.33. The van der Waals surface area contributed by atoms with Gasteiger partial charge in [-0.3, -0.25) is 0 Å². The second-order valence-corrected chi connectivity index (χ2v) is 5.11. The van der Waals surface area contributed by atoms with Gasteiger partial charge in [0, 0.05) is 6.54 Å². The van der Waals surface area contributed by atoms with Crippen molar-refractivity contribution >= 4 is 23.3 Å². The Kier molecular flexibility index (Phi) is 3.29. The Morgan fingerprint density at radius 1 is 1.53 bits per heavy atom. The molecule has 0 spiro atoms. The van der Waals surface area contributed by atoms with Crippen molar-refractivity contribution in [2.45, 2.75) is 26.2 Å². The standard InChI is InChI=1S/C13H16ClNO2/c1-2-13(5-6-13)8-15-11-4-3-9(12(16)17)7-10(11)14/h3-4,7,15H,2,5-6,8H2,1H3,(H,16,17). The van der Waals surface area contributed by atoms with Crippen LogP contribution in [0.15, 0.2) is 18.2 Å². The molecule has 0 radical (unpaired) electrons. The molecule has 1 aliphatic rings. The van der Waals surface area contributed by atoms with Gasteiger partial charge in [0.25, 0.3) is 0 Å². The molecule has 0 amide bonds. The van der Waals surface area contributed by atoms with E-state index in [1.54, 1.807) is 12.1 Å². The molecular formula is C13H16ClNO2. The van der Waals surface area contributed by atoms with Crippen molar-refractivity contribution in [3.05, 3.63) is 28.8 Å². The maximum Gasteiger partial charge on any atom is 0.335 e. The number of aromatic carboxylic acids is 1. The normalized spacial score (nSPS) is 16.6. The van der Waals surface area contributed by atoms with Gasteiger partial charge in [-0.1, -0.05) is 18.5 Å². The number of hydrogen-bond donors (Lipinski definition) is 2. The number of hydrogen-bond acceptors (Lipinski definition) is 2. The Morgan fingerprint density at radius 2 is 2.24 bits per heavy atom. The van der Waals surface area contributed by atoms with Gasteiger partial charge in [-0.15, -0.1) is 0 Å². The Bertz CT molecular complexity index is 441. The predicted octanol–water partition coefficient (Wildman–Crippen LogP) is 3.64. The third-order valence-electron chi connectivity index (χ3n) is 3.58. The van der Waals surface area contributed by atoms with Crippen LogP contribution in [0.1, 0.15) is 36.5 Å². The summed E-state index contributed by atoms with van der Waals surface area (Å²) in [5, 5.41) is 12.6. The summed E-state index contributed by atoms with van der Waals surface area (Å²) in [5.74, 6) is -0.953. The molecule has 0 bridgehead atoms. The van der Waals surface area contributed by atoms with Gasteiger partial charge in [-0.25, -0.2) is 4.79 Å². The van der Waals surface area contributed by atoms with E-state index in [2.05, 4.69) is 12.2 Å². The lowest BCUT2D eigenvalue weighted by atomic mass is 10.0. The molecule has 1 aromatic carbocycles. The zero-order valence-electron chi connectivity index (χ0n) is 9.79. The van der Waals surface area contributed by atoms with E-state index in [9.17, 15) is 4.79 Å². The van der Waals surface area contributed by atoms with Crippen LogP contribution in [0.3, 0.4) is 0 Å². The molecule has 4 heteroatoms. The molecule has 1 saturated carbocycles. The lowest BCUT2D eigenvalue weighted by Gasteiger charge is -2.15. The first-order valence-corrected chi connectivity index (χ1v) is 6.21. The zero-order chi connectivity index (χ0) is 12.5. The first-order valence-electron chi connectivity index (χ1n) is 5.83. The van der Waals surface area contributed by atoms with Crippen molar-refractivity contribution in [3.8, 4) is 0 Å². The molecule has 1 aromatic rings. The summed E-state index contributed by atoms with van der Waals surface area (Å²) < 4.78 is 0. The number of carboxylic acids is 1. The van der Waals surface area contributed by atoms with Crippen molar-refractivity contribution in [2.75, 3.05) is 11.9 Å². The average molecular weight is 254 g/mol. The van der Waals surface area contributed by atoms with Crippen LogP contribution in [0, 0.1) is 5.41 Å². The molecule has 0 heterocycles. The molecule has 1 fully saturated rings. The second kappa shape index (κ2) is 4.57. The van der Waals surface area contributed by atoms with Gasteiger partial charge in [0.15, 0.2) is 0 Å². The van der Waals surface area contributed by atoms with Crippen LogP contribution >= 0.6 is 11.6 Å². The minimum Gasteiger partial charge on any atom is -0.478 e. The third-order valence-corrected chi connectivity index (χ3v) is 3.89. The SMILES string of the molecule is CCC1(CNc2ccc(C(=O)O)cc2Cl)CC1. The Balaban J connectivity index is 2.04. The largest absolute Gasteiger partial charge is 0.478 e. The Hall–Kier alpha value is -1.22. The smallest absolute Gasteiger partial charge is 0.335 e. The Labute approximate surface area is 106 Å². The molecule has 2 rings (SSSR count).